The van der Waals surface area contributed by atoms with E-state index in [9.17, 15) is 0 Å². The Kier molecular flexibility index (Phi) is 2.94. The topological polar surface area (TPSA) is 43.1 Å². The number of rotatable bonds is 3. The predicted molar refractivity (Wildman–Crippen MR) is 69.6 cm³/mol. The van der Waals surface area contributed by atoms with Gasteiger partial charge in [-0.3, -0.25) is 4.40 Å². The maximum absolute atomic E-state index is 5.81. The van der Waals surface area contributed by atoms with E-state index in [4.69, 9.17) is 11.6 Å². The smallest absolute Gasteiger partial charge is 0.165 e. The first-order chi connectivity index (χ1) is 8.83. The van der Waals surface area contributed by atoms with E-state index < -0.39 is 0 Å². The number of aromatic nitrogens is 4. The summed E-state index contributed by atoms with van der Waals surface area (Å²) in [6, 6.07) is 12.0. The van der Waals surface area contributed by atoms with Gasteiger partial charge in [0.2, 0.25) is 0 Å². The van der Waals surface area contributed by atoms with Crippen LogP contribution in [0.15, 0.2) is 42.7 Å². The van der Waals surface area contributed by atoms with Crippen LogP contribution in [-0.4, -0.2) is 19.6 Å². The van der Waals surface area contributed by atoms with Crippen molar-refractivity contribution in [3.05, 3.63) is 59.3 Å². The Morgan fingerprint density at radius 2 is 1.89 bits per heavy atom. The van der Waals surface area contributed by atoms with E-state index in [-0.39, 0.29) is 0 Å². The molecule has 18 heavy (non-hydrogen) atoms. The third-order valence-electron chi connectivity index (χ3n) is 2.82. The van der Waals surface area contributed by atoms with Gasteiger partial charge in [0.25, 0.3) is 0 Å². The Balaban J connectivity index is 1.83. The third-order valence-corrected chi connectivity index (χ3v) is 3.02. The van der Waals surface area contributed by atoms with Gasteiger partial charge in [-0.15, -0.1) is 10.2 Å². The van der Waals surface area contributed by atoms with Crippen molar-refractivity contribution in [3.8, 4) is 0 Å². The zero-order valence-corrected chi connectivity index (χ0v) is 10.4. The number of nitrogens with zero attached hydrogens (tertiary/aromatic N) is 4. The molecule has 3 rings (SSSR count). The van der Waals surface area contributed by atoms with Crippen LogP contribution in [0.5, 0.6) is 0 Å². The molecule has 0 saturated carbocycles. The average Bonchev–Trinajstić information content (AvgIpc) is 2.80. The molecule has 0 aliphatic heterocycles. The Morgan fingerprint density at radius 1 is 1.06 bits per heavy atom. The molecular formula is C13H11ClN4. The zero-order valence-electron chi connectivity index (χ0n) is 9.62. The Morgan fingerprint density at radius 3 is 2.72 bits per heavy atom. The Bertz CT molecular complexity index is 663. The van der Waals surface area contributed by atoms with Crippen LogP contribution in [0.1, 0.15) is 11.4 Å². The predicted octanol–water partition coefficient (Wildman–Crippen LogP) is 2.56. The number of aryl methyl sites for hydroxylation is 2. The van der Waals surface area contributed by atoms with E-state index in [1.54, 1.807) is 12.4 Å². The highest BCUT2D eigenvalue weighted by Crippen LogP contribution is 2.10. The largest absolute Gasteiger partial charge is 0.269 e. The van der Waals surface area contributed by atoms with Gasteiger partial charge in [0.05, 0.1) is 0 Å². The van der Waals surface area contributed by atoms with Gasteiger partial charge in [-0.25, -0.2) is 4.98 Å². The van der Waals surface area contributed by atoms with Crippen molar-refractivity contribution in [1.82, 2.24) is 19.6 Å². The molecule has 5 heteroatoms. The van der Waals surface area contributed by atoms with Crippen LogP contribution in [0.2, 0.25) is 5.15 Å². The van der Waals surface area contributed by atoms with Gasteiger partial charge in [0.15, 0.2) is 5.65 Å². The van der Waals surface area contributed by atoms with Crippen LogP contribution in [0.3, 0.4) is 0 Å². The van der Waals surface area contributed by atoms with Crippen molar-refractivity contribution in [3.63, 3.8) is 0 Å². The van der Waals surface area contributed by atoms with E-state index in [0.29, 0.717) is 5.15 Å². The fraction of sp³-hybridized carbons (Fsp3) is 0.154. The van der Waals surface area contributed by atoms with Crippen molar-refractivity contribution >= 4 is 17.2 Å². The summed E-state index contributed by atoms with van der Waals surface area (Å²) in [5.74, 6) is 0.901. The van der Waals surface area contributed by atoms with E-state index in [1.807, 2.05) is 22.6 Å². The van der Waals surface area contributed by atoms with Crippen LogP contribution in [-0.2, 0) is 12.8 Å². The first-order valence-corrected chi connectivity index (χ1v) is 6.10. The first-order valence-electron chi connectivity index (χ1n) is 5.72. The summed E-state index contributed by atoms with van der Waals surface area (Å²) in [6.07, 6.45) is 3.43. The molecule has 0 N–H and O–H groups in total. The van der Waals surface area contributed by atoms with E-state index >= 15 is 0 Å². The summed E-state index contributed by atoms with van der Waals surface area (Å²) < 4.78 is 1.87. The summed E-state index contributed by atoms with van der Waals surface area (Å²) in [5, 5.41) is 8.68. The first kappa shape index (κ1) is 11.2. The molecule has 4 nitrogen and oxygen atoms in total. The summed E-state index contributed by atoms with van der Waals surface area (Å²) in [6.45, 7) is 0. The lowest BCUT2D eigenvalue weighted by molar-refractivity contribution is 0.832. The summed E-state index contributed by atoms with van der Waals surface area (Å²) in [4.78, 5) is 4.04. The minimum Gasteiger partial charge on any atom is -0.269 e. The molecule has 0 fully saturated rings. The van der Waals surface area contributed by atoms with Crippen molar-refractivity contribution in [2.45, 2.75) is 12.8 Å². The number of benzene rings is 1. The third kappa shape index (κ3) is 2.19. The van der Waals surface area contributed by atoms with Gasteiger partial charge in [0, 0.05) is 12.5 Å². The van der Waals surface area contributed by atoms with Gasteiger partial charge in [-0.1, -0.05) is 41.9 Å². The van der Waals surface area contributed by atoms with Crippen LogP contribution in [0.25, 0.3) is 5.65 Å². The molecule has 2 heterocycles. The van der Waals surface area contributed by atoms with Crippen LogP contribution in [0.4, 0.5) is 0 Å². The second-order valence-corrected chi connectivity index (χ2v) is 4.43. The molecule has 0 bridgehead atoms. The van der Waals surface area contributed by atoms with Crippen LogP contribution in [0, 0.1) is 0 Å². The van der Waals surface area contributed by atoms with Crippen LogP contribution < -0.4 is 0 Å². The highest BCUT2D eigenvalue weighted by atomic mass is 35.5. The molecule has 0 saturated heterocycles. The van der Waals surface area contributed by atoms with Crippen molar-refractivity contribution in [2.24, 2.45) is 0 Å². The maximum atomic E-state index is 5.81. The van der Waals surface area contributed by atoms with E-state index in [1.165, 1.54) is 5.56 Å². The Hall–Kier alpha value is -1.94. The van der Waals surface area contributed by atoms with Gasteiger partial charge in [-0.05, 0) is 12.0 Å². The molecule has 1 aromatic carbocycles. The van der Waals surface area contributed by atoms with Gasteiger partial charge < -0.3 is 0 Å². The number of hydrogen-bond donors (Lipinski definition) is 0. The van der Waals surface area contributed by atoms with Gasteiger partial charge in [-0.2, -0.15) is 0 Å². The van der Waals surface area contributed by atoms with E-state index in [2.05, 4.69) is 27.3 Å². The molecule has 0 unspecified atom stereocenters. The molecule has 2 aromatic heterocycles. The number of fused-ring (bicyclic) bond motifs is 1. The molecule has 0 aliphatic rings. The molecule has 0 atom stereocenters. The normalized spacial score (nSPS) is 10.9. The number of hydrogen-bond acceptors (Lipinski definition) is 3. The van der Waals surface area contributed by atoms with Crippen molar-refractivity contribution in [1.29, 1.82) is 0 Å². The fourth-order valence-corrected chi connectivity index (χ4v) is 2.03. The quantitative estimate of drug-likeness (QED) is 0.678. The molecular weight excluding hydrogens is 248 g/mol. The fourth-order valence-electron chi connectivity index (χ4n) is 1.89. The lowest BCUT2D eigenvalue weighted by atomic mass is 10.1. The lowest BCUT2D eigenvalue weighted by Gasteiger charge is -2.00. The molecule has 0 radical (unpaired) electrons. The SMILES string of the molecule is Clc1cc2nnc(CCc3ccccc3)n2cn1. The van der Waals surface area contributed by atoms with Gasteiger partial charge in [0.1, 0.15) is 17.3 Å². The highest BCUT2D eigenvalue weighted by molar-refractivity contribution is 6.29. The monoisotopic (exact) mass is 258 g/mol. The zero-order chi connectivity index (χ0) is 12.4. The van der Waals surface area contributed by atoms with Crippen molar-refractivity contribution < 1.29 is 0 Å². The van der Waals surface area contributed by atoms with Crippen molar-refractivity contribution in [2.75, 3.05) is 0 Å². The summed E-state index contributed by atoms with van der Waals surface area (Å²) in [5.41, 5.74) is 2.02. The highest BCUT2D eigenvalue weighted by Gasteiger charge is 2.06. The average molecular weight is 259 g/mol. The molecule has 0 aliphatic carbocycles. The van der Waals surface area contributed by atoms with Gasteiger partial charge >= 0.3 is 0 Å². The Labute approximate surface area is 109 Å². The lowest BCUT2D eigenvalue weighted by Crippen LogP contribution is -1.98. The summed E-state index contributed by atoms with van der Waals surface area (Å²) in [7, 11) is 0. The molecule has 3 aromatic rings. The maximum Gasteiger partial charge on any atom is 0.165 e. The second kappa shape index (κ2) is 4.74. The molecule has 0 spiro atoms. The second-order valence-electron chi connectivity index (χ2n) is 4.04. The summed E-state index contributed by atoms with van der Waals surface area (Å²) >= 11 is 5.81. The molecule has 0 amide bonds. The standard InChI is InChI=1S/C13H11ClN4/c14-11-8-13-17-16-12(18(13)9-15-11)7-6-10-4-2-1-3-5-10/h1-5,8-9H,6-7H2. The van der Waals surface area contributed by atoms with Crippen LogP contribution >= 0.6 is 11.6 Å². The number of halogens is 1. The minimum atomic E-state index is 0.435. The molecule has 90 valence electrons. The minimum absolute atomic E-state index is 0.435. The van der Waals surface area contributed by atoms with E-state index in [0.717, 1.165) is 24.3 Å².